The number of carbonyl (C=O) groups is 2. The maximum Gasteiger partial charge on any atom is 0.349 e. The summed E-state index contributed by atoms with van der Waals surface area (Å²) >= 11 is 1.30. The minimum absolute atomic E-state index is 0.254. The van der Waals surface area contributed by atoms with Gasteiger partial charge in [-0.3, -0.25) is 4.79 Å². The number of carbonyl (C=O) groups excluding carboxylic acids is 2. The first-order chi connectivity index (χ1) is 9.54. The molecule has 0 saturated carbocycles. The molecule has 0 unspecified atom stereocenters. The van der Waals surface area contributed by atoms with Gasteiger partial charge in [-0.25, -0.2) is 4.79 Å². The van der Waals surface area contributed by atoms with Gasteiger partial charge < -0.3 is 14.8 Å². The fraction of sp³-hybridized carbons (Fsp3) is 0.571. The molecular formula is C14H21NO4S. The van der Waals surface area contributed by atoms with Gasteiger partial charge in [0.1, 0.15) is 4.88 Å². The molecule has 0 aliphatic heterocycles. The Balaban J connectivity index is 2.59. The SMILES string of the molecule is COCCNC(=O)[C@@H](CC(C)C)OC(=O)c1cccs1. The monoisotopic (exact) mass is 299 g/mol. The van der Waals surface area contributed by atoms with E-state index in [1.807, 2.05) is 13.8 Å². The second kappa shape index (κ2) is 8.71. The average Bonchev–Trinajstić information content (AvgIpc) is 2.91. The lowest BCUT2D eigenvalue weighted by Gasteiger charge is -2.18. The number of nitrogens with one attached hydrogen (secondary N) is 1. The van der Waals surface area contributed by atoms with E-state index in [2.05, 4.69) is 5.32 Å². The van der Waals surface area contributed by atoms with Crippen LogP contribution in [0.15, 0.2) is 17.5 Å². The molecule has 1 atom stereocenters. The number of hydrogen-bond donors (Lipinski definition) is 1. The lowest BCUT2D eigenvalue weighted by Crippen LogP contribution is -2.39. The third kappa shape index (κ3) is 5.71. The molecule has 1 amide bonds. The van der Waals surface area contributed by atoms with Crippen molar-refractivity contribution in [1.82, 2.24) is 5.32 Å². The summed E-state index contributed by atoms with van der Waals surface area (Å²) in [6.07, 6.45) is -0.267. The van der Waals surface area contributed by atoms with Crippen LogP contribution in [0.25, 0.3) is 0 Å². The normalized spacial score (nSPS) is 12.2. The van der Waals surface area contributed by atoms with Crippen molar-refractivity contribution in [1.29, 1.82) is 0 Å². The molecule has 0 aliphatic rings. The van der Waals surface area contributed by atoms with E-state index in [-0.39, 0.29) is 11.8 Å². The Kier molecular flexibility index (Phi) is 7.25. The van der Waals surface area contributed by atoms with Crippen LogP contribution in [0.2, 0.25) is 0 Å². The highest BCUT2D eigenvalue weighted by Gasteiger charge is 2.24. The molecule has 5 nitrogen and oxygen atoms in total. The van der Waals surface area contributed by atoms with E-state index < -0.39 is 12.1 Å². The molecule has 1 rings (SSSR count). The maximum absolute atomic E-state index is 12.0. The number of thiophene rings is 1. The number of amides is 1. The van der Waals surface area contributed by atoms with Crippen LogP contribution in [0.3, 0.4) is 0 Å². The summed E-state index contributed by atoms with van der Waals surface area (Å²) < 4.78 is 10.2. The summed E-state index contributed by atoms with van der Waals surface area (Å²) in [7, 11) is 1.56. The summed E-state index contributed by atoms with van der Waals surface area (Å²) in [5.74, 6) is -0.475. The van der Waals surface area contributed by atoms with E-state index in [4.69, 9.17) is 9.47 Å². The predicted octanol–water partition coefficient (Wildman–Crippen LogP) is 2.08. The first-order valence-electron chi connectivity index (χ1n) is 6.55. The molecule has 112 valence electrons. The van der Waals surface area contributed by atoms with Crippen LogP contribution < -0.4 is 5.32 Å². The van der Waals surface area contributed by atoms with Crippen LogP contribution >= 0.6 is 11.3 Å². The van der Waals surface area contributed by atoms with E-state index in [9.17, 15) is 9.59 Å². The van der Waals surface area contributed by atoms with Gasteiger partial charge in [0, 0.05) is 13.7 Å². The predicted molar refractivity (Wildman–Crippen MR) is 77.9 cm³/mol. The largest absolute Gasteiger partial charge is 0.448 e. The van der Waals surface area contributed by atoms with Gasteiger partial charge in [-0.15, -0.1) is 11.3 Å². The molecular weight excluding hydrogens is 278 g/mol. The van der Waals surface area contributed by atoms with Crippen LogP contribution in [0.1, 0.15) is 29.9 Å². The molecule has 1 heterocycles. The third-order valence-electron chi connectivity index (χ3n) is 2.55. The van der Waals surface area contributed by atoms with Crippen molar-refractivity contribution < 1.29 is 19.1 Å². The van der Waals surface area contributed by atoms with E-state index >= 15 is 0 Å². The Morgan fingerprint density at radius 3 is 2.70 bits per heavy atom. The van der Waals surface area contributed by atoms with Gasteiger partial charge in [0.15, 0.2) is 6.10 Å². The highest BCUT2D eigenvalue weighted by Crippen LogP contribution is 2.15. The summed E-state index contributed by atoms with van der Waals surface area (Å²) in [6, 6.07) is 3.46. The molecule has 0 aliphatic carbocycles. The summed E-state index contributed by atoms with van der Waals surface area (Å²) in [5.41, 5.74) is 0. The quantitative estimate of drug-likeness (QED) is 0.589. The molecule has 0 bridgehead atoms. The minimum Gasteiger partial charge on any atom is -0.448 e. The van der Waals surface area contributed by atoms with E-state index in [0.717, 1.165) is 0 Å². The van der Waals surface area contributed by atoms with Crippen molar-refractivity contribution in [3.05, 3.63) is 22.4 Å². The molecule has 6 heteroatoms. The molecule has 20 heavy (non-hydrogen) atoms. The van der Waals surface area contributed by atoms with Gasteiger partial charge in [0.2, 0.25) is 0 Å². The van der Waals surface area contributed by atoms with Crippen molar-refractivity contribution in [2.24, 2.45) is 5.92 Å². The van der Waals surface area contributed by atoms with Crippen LogP contribution in [-0.4, -0.2) is 38.2 Å². The summed E-state index contributed by atoms with van der Waals surface area (Å²) in [5, 5.41) is 4.50. The first kappa shape index (κ1) is 16.7. The van der Waals surface area contributed by atoms with Crippen molar-refractivity contribution >= 4 is 23.2 Å². The van der Waals surface area contributed by atoms with E-state index in [0.29, 0.717) is 24.4 Å². The molecule has 1 aromatic rings. The van der Waals surface area contributed by atoms with Gasteiger partial charge in [-0.2, -0.15) is 0 Å². The highest BCUT2D eigenvalue weighted by molar-refractivity contribution is 7.11. The zero-order chi connectivity index (χ0) is 15.0. The van der Waals surface area contributed by atoms with Crippen molar-refractivity contribution in [2.75, 3.05) is 20.3 Å². The molecule has 0 radical (unpaired) electrons. The lowest BCUT2D eigenvalue weighted by molar-refractivity contribution is -0.130. The van der Waals surface area contributed by atoms with E-state index in [1.54, 1.807) is 24.6 Å². The van der Waals surface area contributed by atoms with Crippen molar-refractivity contribution in [3.8, 4) is 0 Å². The fourth-order valence-electron chi connectivity index (χ4n) is 1.61. The Bertz CT molecular complexity index is 417. The summed E-state index contributed by atoms with van der Waals surface area (Å²) in [4.78, 5) is 24.4. The second-order valence-electron chi connectivity index (χ2n) is 4.78. The lowest BCUT2D eigenvalue weighted by atomic mass is 10.1. The Labute approximate surface area is 123 Å². The smallest absolute Gasteiger partial charge is 0.349 e. The Hall–Kier alpha value is -1.40. The number of esters is 1. The topological polar surface area (TPSA) is 64.6 Å². The Morgan fingerprint density at radius 2 is 2.15 bits per heavy atom. The zero-order valence-corrected chi connectivity index (χ0v) is 12.9. The van der Waals surface area contributed by atoms with Crippen LogP contribution in [0.4, 0.5) is 0 Å². The van der Waals surface area contributed by atoms with Crippen LogP contribution in [0.5, 0.6) is 0 Å². The molecule has 0 fully saturated rings. The second-order valence-corrected chi connectivity index (χ2v) is 5.73. The van der Waals surface area contributed by atoms with Crippen molar-refractivity contribution in [2.45, 2.75) is 26.4 Å². The van der Waals surface area contributed by atoms with Gasteiger partial charge in [-0.1, -0.05) is 19.9 Å². The third-order valence-corrected chi connectivity index (χ3v) is 3.40. The first-order valence-corrected chi connectivity index (χ1v) is 7.43. The molecule has 1 aromatic heterocycles. The fourth-order valence-corrected chi connectivity index (χ4v) is 2.21. The van der Waals surface area contributed by atoms with Crippen LogP contribution in [-0.2, 0) is 14.3 Å². The van der Waals surface area contributed by atoms with E-state index in [1.165, 1.54) is 11.3 Å². The summed E-state index contributed by atoms with van der Waals surface area (Å²) in [6.45, 7) is 4.79. The standard InChI is InChI=1S/C14H21NO4S/c1-10(2)9-11(13(16)15-6-7-18-3)19-14(17)12-5-4-8-20-12/h4-5,8,10-11H,6-7,9H2,1-3H3,(H,15,16)/t11-/m1/s1. The molecule has 1 N–H and O–H groups in total. The molecule has 0 spiro atoms. The number of rotatable bonds is 8. The molecule has 0 aromatic carbocycles. The van der Waals surface area contributed by atoms with Gasteiger partial charge in [-0.05, 0) is 23.8 Å². The van der Waals surface area contributed by atoms with Crippen LogP contribution in [0, 0.1) is 5.92 Å². The maximum atomic E-state index is 12.0. The van der Waals surface area contributed by atoms with Gasteiger partial charge in [0.25, 0.3) is 5.91 Å². The molecule has 0 saturated heterocycles. The zero-order valence-electron chi connectivity index (χ0n) is 12.0. The highest BCUT2D eigenvalue weighted by atomic mass is 32.1. The number of hydrogen-bond acceptors (Lipinski definition) is 5. The van der Waals surface area contributed by atoms with Crippen molar-refractivity contribution in [3.63, 3.8) is 0 Å². The minimum atomic E-state index is -0.763. The number of ether oxygens (including phenoxy) is 2. The number of methoxy groups -OCH3 is 1. The Morgan fingerprint density at radius 1 is 1.40 bits per heavy atom. The van der Waals surface area contributed by atoms with Gasteiger partial charge in [0.05, 0.1) is 6.61 Å². The van der Waals surface area contributed by atoms with Gasteiger partial charge >= 0.3 is 5.97 Å². The average molecular weight is 299 g/mol.